The molecule has 1 heterocycles. The van der Waals surface area contributed by atoms with Crippen LogP contribution in [-0.4, -0.2) is 30.6 Å². The van der Waals surface area contributed by atoms with Crippen molar-refractivity contribution in [1.82, 2.24) is 5.32 Å². The lowest BCUT2D eigenvalue weighted by atomic mass is 10.1. The van der Waals surface area contributed by atoms with Crippen LogP contribution in [0.15, 0.2) is 4.99 Å². The van der Waals surface area contributed by atoms with Crippen LogP contribution < -0.4 is 5.32 Å². The topological polar surface area (TPSA) is 44.6 Å². The maximum atomic E-state index is 8.87. The normalized spacial score (nSPS) is 20.0. The highest BCUT2D eigenvalue weighted by Gasteiger charge is 2.14. The second kappa shape index (κ2) is 3.56. The van der Waals surface area contributed by atoms with Gasteiger partial charge in [-0.05, 0) is 6.42 Å². The van der Waals surface area contributed by atoms with Gasteiger partial charge in [-0.3, -0.25) is 4.99 Å². The molecule has 2 N–H and O–H groups in total. The molecule has 3 nitrogen and oxygen atoms in total. The SMILES string of the molecule is CCC(CO)C1=NCCN1. The summed E-state index contributed by atoms with van der Waals surface area (Å²) in [6.45, 7) is 4.07. The van der Waals surface area contributed by atoms with Gasteiger partial charge in [0.1, 0.15) is 5.84 Å². The number of amidine groups is 1. The second-order valence-corrected chi connectivity index (χ2v) is 2.48. The fourth-order valence-corrected chi connectivity index (χ4v) is 1.10. The maximum Gasteiger partial charge on any atom is 0.102 e. The summed E-state index contributed by atoms with van der Waals surface area (Å²) < 4.78 is 0. The van der Waals surface area contributed by atoms with Gasteiger partial charge in [-0.25, -0.2) is 0 Å². The van der Waals surface area contributed by atoms with Crippen molar-refractivity contribution >= 4 is 5.84 Å². The first-order valence-corrected chi connectivity index (χ1v) is 3.77. The number of aliphatic hydroxyl groups is 1. The fraction of sp³-hybridized carbons (Fsp3) is 0.857. The number of rotatable bonds is 3. The van der Waals surface area contributed by atoms with Crippen molar-refractivity contribution in [3.05, 3.63) is 0 Å². The minimum atomic E-state index is 0.211. The number of nitrogens with zero attached hydrogens (tertiary/aromatic N) is 1. The molecule has 10 heavy (non-hydrogen) atoms. The van der Waals surface area contributed by atoms with Gasteiger partial charge in [-0.2, -0.15) is 0 Å². The Morgan fingerprint density at radius 1 is 1.80 bits per heavy atom. The molecule has 0 radical (unpaired) electrons. The van der Waals surface area contributed by atoms with Gasteiger partial charge in [0.25, 0.3) is 0 Å². The molecular weight excluding hydrogens is 128 g/mol. The molecule has 3 heteroatoms. The van der Waals surface area contributed by atoms with E-state index in [2.05, 4.69) is 17.2 Å². The van der Waals surface area contributed by atoms with E-state index in [1.165, 1.54) is 0 Å². The summed E-state index contributed by atoms with van der Waals surface area (Å²) >= 11 is 0. The van der Waals surface area contributed by atoms with Gasteiger partial charge >= 0.3 is 0 Å². The van der Waals surface area contributed by atoms with E-state index < -0.39 is 0 Å². The molecule has 0 spiro atoms. The van der Waals surface area contributed by atoms with Gasteiger partial charge in [0, 0.05) is 12.5 Å². The molecule has 1 atom stereocenters. The molecule has 0 aromatic rings. The van der Waals surface area contributed by atoms with Gasteiger partial charge in [-0.15, -0.1) is 0 Å². The van der Waals surface area contributed by atoms with E-state index in [-0.39, 0.29) is 12.5 Å². The molecular formula is C7H14N2O. The summed E-state index contributed by atoms with van der Waals surface area (Å²) in [6.07, 6.45) is 0.961. The molecule has 0 bridgehead atoms. The predicted octanol–water partition coefficient (Wildman–Crippen LogP) is 0.00660. The smallest absolute Gasteiger partial charge is 0.102 e. The minimum absolute atomic E-state index is 0.211. The zero-order chi connectivity index (χ0) is 7.40. The molecule has 0 aliphatic carbocycles. The van der Waals surface area contributed by atoms with E-state index in [9.17, 15) is 0 Å². The zero-order valence-electron chi connectivity index (χ0n) is 6.30. The molecule has 0 saturated carbocycles. The third-order valence-electron chi connectivity index (χ3n) is 1.80. The van der Waals surface area contributed by atoms with Gasteiger partial charge in [0.2, 0.25) is 0 Å². The average Bonchev–Trinajstić information content (AvgIpc) is 2.43. The van der Waals surface area contributed by atoms with Crippen molar-refractivity contribution in [2.45, 2.75) is 13.3 Å². The molecule has 1 aliphatic rings. The summed E-state index contributed by atoms with van der Waals surface area (Å²) in [6, 6.07) is 0. The second-order valence-electron chi connectivity index (χ2n) is 2.48. The lowest BCUT2D eigenvalue weighted by Crippen LogP contribution is -2.28. The Kier molecular flexibility index (Phi) is 2.68. The summed E-state index contributed by atoms with van der Waals surface area (Å²) in [4.78, 5) is 4.22. The van der Waals surface area contributed by atoms with Crippen LogP contribution in [0.1, 0.15) is 13.3 Å². The lowest BCUT2D eigenvalue weighted by molar-refractivity contribution is 0.257. The van der Waals surface area contributed by atoms with Crippen molar-refractivity contribution in [3.8, 4) is 0 Å². The third kappa shape index (κ3) is 1.48. The fourth-order valence-electron chi connectivity index (χ4n) is 1.10. The maximum absolute atomic E-state index is 8.87. The van der Waals surface area contributed by atoms with Crippen LogP contribution in [0.5, 0.6) is 0 Å². The van der Waals surface area contributed by atoms with Crippen molar-refractivity contribution < 1.29 is 5.11 Å². The largest absolute Gasteiger partial charge is 0.396 e. The molecule has 0 saturated heterocycles. The van der Waals surface area contributed by atoms with Crippen molar-refractivity contribution in [2.75, 3.05) is 19.7 Å². The molecule has 0 amide bonds. The first-order chi connectivity index (χ1) is 4.88. The third-order valence-corrected chi connectivity index (χ3v) is 1.80. The van der Waals surface area contributed by atoms with Crippen molar-refractivity contribution in [3.63, 3.8) is 0 Å². The van der Waals surface area contributed by atoms with Crippen LogP contribution in [0.2, 0.25) is 0 Å². The number of hydrogen-bond donors (Lipinski definition) is 2. The molecule has 0 aromatic carbocycles. The van der Waals surface area contributed by atoms with E-state index in [4.69, 9.17) is 5.11 Å². The summed E-state index contributed by atoms with van der Waals surface area (Å²) in [5, 5.41) is 12.0. The van der Waals surface area contributed by atoms with E-state index in [1.807, 2.05) is 0 Å². The lowest BCUT2D eigenvalue weighted by Gasteiger charge is -2.10. The van der Waals surface area contributed by atoms with Crippen LogP contribution >= 0.6 is 0 Å². The molecule has 1 aliphatic heterocycles. The predicted molar refractivity (Wildman–Crippen MR) is 41.2 cm³/mol. The highest BCUT2D eigenvalue weighted by Crippen LogP contribution is 2.04. The summed E-state index contributed by atoms with van der Waals surface area (Å²) in [5.74, 6) is 1.23. The summed E-state index contributed by atoms with van der Waals surface area (Å²) in [7, 11) is 0. The van der Waals surface area contributed by atoms with Crippen LogP contribution in [0.25, 0.3) is 0 Å². The van der Waals surface area contributed by atoms with E-state index >= 15 is 0 Å². The summed E-state index contributed by atoms with van der Waals surface area (Å²) in [5.41, 5.74) is 0. The van der Waals surface area contributed by atoms with Crippen molar-refractivity contribution in [2.24, 2.45) is 10.9 Å². The highest BCUT2D eigenvalue weighted by atomic mass is 16.3. The van der Waals surface area contributed by atoms with E-state index in [0.717, 1.165) is 25.3 Å². The van der Waals surface area contributed by atoms with Crippen LogP contribution in [0, 0.1) is 5.92 Å². The van der Waals surface area contributed by atoms with Gasteiger partial charge in [-0.1, -0.05) is 6.92 Å². The Balaban J connectivity index is 2.44. The number of nitrogens with one attached hydrogen (secondary N) is 1. The zero-order valence-corrected chi connectivity index (χ0v) is 6.30. The Hall–Kier alpha value is -0.570. The number of aliphatic hydroxyl groups excluding tert-OH is 1. The van der Waals surface area contributed by atoms with Crippen LogP contribution in [-0.2, 0) is 0 Å². The van der Waals surface area contributed by atoms with Gasteiger partial charge in [0.15, 0.2) is 0 Å². The van der Waals surface area contributed by atoms with Gasteiger partial charge in [0.05, 0.1) is 13.2 Å². The first-order valence-electron chi connectivity index (χ1n) is 3.77. The minimum Gasteiger partial charge on any atom is -0.396 e. The van der Waals surface area contributed by atoms with Crippen molar-refractivity contribution in [1.29, 1.82) is 0 Å². The Morgan fingerprint density at radius 3 is 3.00 bits per heavy atom. The standard InChI is InChI=1S/C7H14N2O/c1-2-6(5-10)7-8-3-4-9-7/h6,10H,2-5H2,1H3,(H,8,9). The van der Waals surface area contributed by atoms with Crippen LogP contribution in [0.3, 0.4) is 0 Å². The Morgan fingerprint density at radius 2 is 2.60 bits per heavy atom. The first kappa shape index (κ1) is 7.54. The molecule has 1 unspecified atom stereocenters. The Labute approximate surface area is 61.2 Å². The Bertz CT molecular complexity index is 130. The quantitative estimate of drug-likeness (QED) is 0.583. The number of hydrogen-bond acceptors (Lipinski definition) is 3. The molecule has 0 aromatic heterocycles. The molecule has 58 valence electrons. The molecule has 1 rings (SSSR count). The highest BCUT2D eigenvalue weighted by molar-refractivity contribution is 5.85. The van der Waals surface area contributed by atoms with Crippen LogP contribution in [0.4, 0.5) is 0 Å². The van der Waals surface area contributed by atoms with Gasteiger partial charge < -0.3 is 10.4 Å². The molecule has 0 fully saturated rings. The average molecular weight is 142 g/mol. The monoisotopic (exact) mass is 142 g/mol. The number of aliphatic imine (C=N–C) groups is 1. The van der Waals surface area contributed by atoms with E-state index in [1.54, 1.807) is 0 Å². The van der Waals surface area contributed by atoms with E-state index in [0.29, 0.717) is 0 Å².